The second-order valence-corrected chi connectivity index (χ2v) is 2.48. The van der Waals surface area contributed by atoms with Crippen LogP contribution in [0.1, 0.15) is 6.92 Å². The molecule has 0 aliphatic rings. The SMILES string of the molecule is CCNC(=O)CNC(=O)C(=O)NCC#N. The van der Waals surface area contributed by atoms with Crippen molar-refractivity contribution in [3.63, 3.8) is 0 Å². The predicted octanol–water partition coefficient (Wildman–Crippen LogP) is -2.12. The van der Waals surface area contributed by atoms with Crippen LogP contribution in [0.15, 0.2) is 0 Å². The average molecular weight is 212 g/mol. The van der Waals surface area contributed by atoms with Gasteiger partial charge in [-0.1, -0.05) is 0 Å². The molecule has 3 amide bonds. The second kappa shape index (κ2) is 7.32. The number of nitrogens with zero attached hydrogens (tertiary/aromatic N) is 1. The molecule has 0 saturated heterocycles. The third kappa shape index (κ3) is 6.04. The van der Waals surface area contributed by atoms with Crippen LogP contribution in [0.2, 0.25) is 0 Å². The van der Waals surface area contributed by atoms with Gasteiger partial charge >= 0.3 is 11.8 Å². The van der Waals surface area contributed by atoms with E-state index in [-0.39, 0.29) is 19.0 Å². The highest BCUT2D eigenvalue weighted by molar-refractivity contribution is 6.35. The molecule has 82 valence electrons. The van der Waals surface area contributed by atoms with Crippen LogP contribution in [0, 0.1) is 11.3 Å². The lowest BCUT2D eigenvalue weighted by molar-refractivity contribution is -0.139. The summed E-state index contributed by atoms with van der Waals surface area (Å²) < 4.78 is 0. The Bertz CT molecular complexity index is 295. The number of likely N-dealkylation sites (N-methyl/N-ethyl adjacent to an activating group) is 1. The number of nitrogens with one attached hydrogen (secondary N) is 3. The van der Waals surface area contributed by atoms with Crippen molar-refractivity contribution in [3.05, 3.63) is 0 Å². The smallest absolute Gasteiger partial charge is 0.310 e. The van der Waals surface area contributed by atoms with E-state index in [0.717, 1.165) is 0 Å². The highest BCUT2D eigenvalue weighted by Crippen LogP contribution is 1.69. The Labute approximate surface area is 86.8 Å². The molecule has 0 aromatic heterocycles. The van der Waals surface area contributed by atoms with Gasteiger partial charge in [0.05, 0.1) is 12.6 Å². The third-order valence-electron chi connectivity index (χ3n) is 1.32. The van der Waals surface area contributed by atoms with E-state index in [1.54, 1.807) is 13.0 Å². The first-order valence-electron chi connectivity index (χ1n) is 4.31. The number of carbonyl (C=O) groups excluding carboxylic acids is 3. The van der Waals surface area contributed by atoms with Gasteiger partial charge in [0.25, 0.3) is 0 Å². The highest BCUT2D eigenvalue weighted by Gasteiger charge is 2.12. The zero-order valence-corrected chi connectivity index (χ0v) is 8.29. The Hall–Kier alpha value is -2.10. The molecule has 0 heterocycles. The van der Waals surface area contributed by atoms with E-state index in [1.165, 1.54) is 0 Å². The Morgan fingerprint density at radius 1 is 1.13 bits per heavy atom. The van der Waals surface area contributed by atoms with Crippen molar-refractivity contribution in [3.8, 4) is 6.07 Å². The van der Waals surface area contributed by atoms with Gasteiger partial charge in [-0.15, -0.1) is 0 Å². The fraction of sp³-hybridized carbons (Fsp3) is 0.500. The lowest BCUT2D eigenvalue weighted by atomic mass is 10.5. The van der Waals surface area contributed by atoms with Crippen molar-refractivity contribution in [1.82, 2.24) is 16.0 Å². The van der Waals surface area contributed by atoms with Gasteiger partial charge in [0.15, 0.2) is 0 Å². The summed E-state index contributed by atoms with van der Waals surface area (Å²) in [5.41, 5.74) is 0. The minimum Gasteiger partial charge on any atom is -0.355 e. The molecule has 0 aliphatic carbocycles. The van der Waals surface area contributed by atoms with E-state index in [4.69, 9.17) is 5.26 Å². The minimum absolute atomic E-state index is 0.243. The van der Waals surface area contributed by atoms with Gasteiger partial charge in [0.1, 0.15) is 6.54 Å². The van der Waals surface area contributed by atoms with Crippen LogP contribution in [0.5, 0.6) is 0 Å². The summed E-state index contributed by atoms with van der Waals surface area (Å²) in [6.45, 7) is 1.69. The molecule has 0 saturated carbocycles. The molecule has 0 aromatic carbocycles. The van der Waals surface area contributed by atoms with Crippen molar-refractivity contribution < 1.29 is 14.4 Å². The first-order valence-corrected chi connectivity index (χ1v) is 4.31. The molecule has 0 aliphatic heterocycles. The molecule has 3 N–H and O–H groups in total. The van der Waals surface area contributed by atoms with Gasteiger partial charge in [-0.2, -0.15) is 5.26 Å². The van der Waals surface area contributed by atoms with Crippen molar-refractivity contribution in [2.75, 3.05) is 19.6 Å². The number of hydrogen-bond acceptors (Lipinski definition) is 4. The summed E-state index contributed by atoms with van der Waals surface area (Å²) in [5, 5.41) is 14.7. The molecule has 0 spiro atoms. The molecule has 7 nitrogen and oxygen atoms in total. The van der Waals surface area contributed by atoms with Crippen LogP contribution in [0.4, 0.5) is 0 Å². The molecule has 0 aromatic rings. The first kappa shape index (κ1) is 12.9. The Morgan fingerprint density at radius 2 is 1.73 bits per heavy atom. The van der Waals surface area contributed by atoms with Gasteiger partial charge < -0.3 is 16.0 Å². The molecule has 0 bridgehead atoms. The van der Waals surface area contributed by atoms with Crippen LogP contribution >= 0.6 is 0 Å². The number of rotatable bonds is 4. The average Bonchev–Trinajstić information content (AvgIpc) is 2.22. The van der Waals surface area contributed by atoms with E-state index in [2.05, 4.69) is 10.6 Å². The maximum Gasteiger partial charge on any atom is 0.310 e. The van der Waals surface area contributed by atoms with Crippen LogP contribution < -0.4 is 16.0 Å². The lowest BCUT2D eigenvalue weighted by Gasteiger charge is -2.04. The van der Waals surface area contributed by atoms with E-state index in [0.29, 0.717) is 6.54 Å². The molecular formula is C8H12N4O3. The van der Waals surface area contributed by atoms with E-state index < -0.39 is 11.8 Å². The highest BCUT2D eigenvalue weighted by atomic mass is 16.2. The van der Waals surface area contributed by atoms with Gasteiger partial charge in [0.2, 0.25) is 5.91 Å². The molecule has 0 rings (SSSR count). The molecular weight excluding hydrogens is 200 g/mol. The minimum atomic E-state index is -0.934. The third-order valence-corrected chi connectivity index (χ3v) is 1.32. The Morgan fingerprint density at radius 3 is 2.27 bits per heavy atom. The summed E-state index contributed by atoms with van der Waals surface area (Å²) in [6.07, 6.45) is 0. The van der Waals surface area contributed by atoms with E-state index in [9.17, 15) is 14.4 Å². The topological polar surface area (TPSA) is 111 Å². The van der Waals surface area contributed by atoms with Crippen molar-refractivity contribution in [2.24, 2.45) is 0 Å². The van der Waals surface area contributed by atoms with Crippen molar-refractivity contribution in [2.45, 2.75) is 6.92 Å². The normalized spacial score (nSPS) is 8.53. The van der Waals surface area contributed by atoms with Gasteiger partial charge in [-0.25, -0.2) is 0 Å². The second-order valence-electron chi connectivity index (χ2n) is 2.48. The zero-order valence-electron chi connectivity index (χ0n) is 8.29. The summed E-state index contributed by atoms with van der Waals surface area (Å²) >= 11 is 0. The number of amides is 3. The Kier molecular flexibility index (Phi) is 6.29. The van der Waals surface area contributed by atoms with Gasteiger partial charge in [0, 0.05) is 6.54 Å². The van der Waals surface area contributed by atoms with Crippen LogP contribution in [-0.4, -0.2) is 37.4 Å². The summed E-state index contributed by atoms with van der Waals surface area (Å²) in [7, 11) is 0. The number of nitriles is 1. The number of hydrogen-bond donors (Lipinski definition) is 3. The maximum atomic E-state index is 10.9. The van der Waals surface area contributed by atoms with Crippen LogP contribution in [-0.2, 0) is 14.4 Å². The quantitative estimate of drug-likeness (QED) is 0.365. The molecule has 0 radical (unpaired) electrons. The molecule has 0 unspecified atom stereocenters. The zero-order chi connectivity index (χ0) is 11.7. The fourth-order valence-corrected chi connectivity index (χ4v) is 0.701. The summed E-state index contributed by atoms with van der Waals surface area (Å²) in [4.78, 5) is 32.7. The maximum absolute atomic E-state index is 10.9. The molecule has 7 heteroatoms. The van der Waals surface area contributed by atoms with E-state index >= 15 is 0 Å². The van der Waals surface area contributed by atoms with E-state index in [1.807, 2.05) is 5.32 Å². The standard InChI is InChI=1S/C8H12N4O3/c1-2-10-6(13)5-12-8(15)7(14)11-4-3-9/h2,4-5H2,1H3,(H,10,13)(H,11,14)(H,12,15). The molecule has 0 fully saturated rings. The predicted molar refractivity (Wildman–Crippen MR) is 50.3 cm³/mol. The van der Waals surface area contributed by atoms with Crippen molar-refractivity contribution >= 4 is 17.7 Å². The summed E-state index contributed by atoms with van der Waals surface area (Å²) in [5.74, 6) is -2.24. The van der Waals surface area contributed by atoms with Gasteiger partial charge in [-0.05, 0) is 6.92 Å². The largest absolute Gasteiger partial charge is 0.355 e. The summed E-state index contributed by atoms with van der Waals surface area (Å²) in [6, 6.07) is 1.65. The van der Waals surface area contributed by atoms with Crippen LogP contribution in [0.25, 0.3) is 0 Å². The van der Waals surface area contributed by atoms with Crippen LogP contribution in [0.3, 0.4) is 0 Å². The lowest BCUT2D eigenvalue weighted by Crippen LogP contribution is -2.44. The molecule has 0 atom stereocenters. The molecule has 15 heavy (non-hydrogen) atoms. The van der Waals surface area contributed by atoms with Crippen molar-refractivity contribution in [1.29, 1.82) is 5.26 Å². The number of carbonyl (C=O) groups is 3. The Balaban J connectivity index is 3.79. The first-order chi connectivity index (χ1) is 7.11. The van der Waals surface area contributed by atoms with Gasteiger partial charge in [-0.3, -0.25) is 14.4 Å². The fourth-order valence-electron chi connectivity index (χ4n) is 0.701. The monoisotopic (exact) mass is 212 g/mol.